The van der Waals surface area contributed by atoms with Gasteiger partial charge in [0.1, 0.15) is 5.75 Å². The third-order valence-electron chi connectivity index (χ3n) is 4.12. The lowest BCUT2D eigenvalue weighted by molar-refractivity contribution is -0.132. The minimum atomic E-state index is -0.796. The van der Waals surface area contributed by atoms with Crippen LogP contribution >= 0.6 is 11.6 Å². The summed E-state index contributed by atoms with van der Waals surface area (Å²) in [4.78, 5) is 26.0. The Labute approximate surface area is 151 Å². The largest absolute Gasteiger partial charge is 0.478 e. The molecule has 0 bridgehead atoms. The van der Waals surface area contributed by atoms with Crippen LogP contribution < -0.4 is 15.0 Å². The van der Waals surface area contributed by atoms with Crippen LogP contribution in [0.15, 0.2) is 48.5 Å². The number of hydrogen-bond donors (Lipinski definition) is 1. The summed E-state index contributed by atoms with van der Waals surface area (Å²) >= 11 is 5.85. The van der Waals surface area contributed by atoms with Crippen LogP contribution in [-0.2, 0) is 16.0 Å². The average Bonchev–Trinajstić information content (AvgIpc) is 2.61. The number of rotatable bonds is 5. The summed E-state index contributed by atoms with van der Waals surface area (Å²) in [7, 11) is 1.69. The number of nitrogens with zero attached hydrogens (tertiary/aromatic N) is 1. The Bertz CT molecular complexity index is 776. The summed E-state index contributed by atoms with van der Waals surface area (Å²) < 4.78 is 5.70. The van der Waals surface area contributed by atoms with Crippen LogP contribution in [0.25, 0.3) is 0 Å². The molecule has 1 unspecified atom stereocenters. The molecule has 3 rings (SSSR count). The molecular formula is C19H19ClN2O3. The van der Waals surface area contributed by atoms with E-state index in [0.29, 0.717) is 29.4 Å². The zero-order valence-corrected chi connectivity index (χ0v) is 14.6. The van der Waals surface area contributed by atoms with Crippen molar-refractivity contribution in [3.05, 3.63) is 59.1 Å². The number of halogens is 1. The van der Waals surface area contributed by atoms with Crippen molar-refractivity contribution in [3.8, 4) is 5.75 Å². The summed E-state index contributed by atoms with van der Waals surface area (Å²) in [5.41, 5.74) is 1.80. The minimum Gasteiger partial charge on any atom is -0.478 e. The first-order chi connectivity index (χ1) is 12.0. The fourth-order valence-corrected chi connectivity index (χ4v) is 2.87. The summed E-state index contributed by atoms with van der Waals surface area (Å²) in [6, 6.07) is 14.8. The van der Waals surface area contributed by atoms with Gasteiger partial charge >= 0.3 is 0 Å². The van der Waals surface area contributed by atoms with Gasteiger partial charge < -0.3 is 15.0 Å². The lowest BCUT2D eigenvalue weighted by atomic mass is 10.1. The van der Waals surface area contributed by atoms with Gasteiger partial charge in [0, 0.05) is 18.6 Å². The molecule has 130 valence electrons. The SMILES string of the molecule is CN1C(=O)C(CC(=O)NCCc2ccc(Cl)cc2)Oc2ccccc21. The Morgan fingerprint density at radius 3 is 2.68 bits per heavy atom. The minimum absolute atomic E-state index is 0.00186. The van der Waals surface area contributed by atoms with Gasteiger partial charge in [0.05, 0.1) is 12.1 Å². The van der Waals surface area contributed by atoms with E-state index in [1.54, 1.807) is 13.1 Å². The van der Waals surface area contributed by atoms with Gasteiger partial charge in [0.25, 0.3) is 5.91 Å². The van der Waals surface area contributed by atoms with Crippen LogP contribution in [0.3, 0.4) is 0 Å². The Kier molecular flexibility index (Phi) is 5.24. The molecule has 0 radical (unpaired) electrons. The van der Waals surface area contributed by atoms with Crippen molar-refractivity contribution < 1.29 is 14.3 Å². The maximum absolute atomic E-state index is 12.4. The third kappa shape index (κ3) is 4.12. The first-order valence-electron chi connectivity index (χ1n) is 8.09. The monoisotopic (exact) mass is 358 g/mol. The van der Waals surface area contributed by atoms with Crippen molar-refractivity contribution in [2.24, 2.45) is 0 Å². The Balaban J connectivity index is 1.53. The van der Waals surface area contributed by atoms with Crippen LogP contribution in [0.4, 0.5) is 5.69 Å². The summed E-state index contributed by atoms with van der Waals surface area (Å²) in [6.45, 7) is 0.494. The van der Waals surface area contributed by atoms with Crippen LogP contribution in [0.5, 0.6) is 5.75 Å². The van der Waals surface area contributed by atoms with Gasteiger partial charge in [-0.3, -0.25) is 9.59 Å². The van der Waals surface area contributed by atoms with Gasteiger partial charge in [0.15, 0.2) is 6.10 Å². The van der Waals surface area contributed by atoms with E-state index < -0.39 is 6.10 Å². The van der Waals surface area contributed by atoms with Crippen LogP contribution in [0.1, 0.15) is 12.0 Å². The highest BCUT2D eigenvalue weighted by Crippen LogP contribution is 2.33. The van der Waals surface area contributed by atoms with Crippen molar-refractivity contribution in [2.45, 2.75) is 18.9 Å². The molecule has 0 aliphatic carbocycles. The number of fused-ring (bicyclic) bond motifs is 1. The molecule has 1 aliphatic rings. The molecule has 1 N–H and O–H groups in total. The number of para-hydroxylation sites is 2. The molecule has 0 aromatic heterocycles. The molecule has 25 heavy (non-hydrogen) atoms. The summed E-state index contributed by atoms with van der Waals surface area (Å²) in [5.74, 6) is 0.190. The molecule has 2 aromatic rings. The lowest BCUT2D eigenvalue weighted by Crippen LogP contribution is -2.46. The molecule has 6 heteroatoms. The zero-order valence-electron chi connectivity index (χ0n) is 13.9. The Morgan fingerprint density at radius 1 is 1.20 bits per heavy atom. The van der Waals surface area contributed by atoms with E-state index in [1.165, 1.54) is 4.90 Å². The molecule has 1 heterocycles. The van der Waals surface area contributed by atoms with Gasteiger partial charge in [-0.1, -0.05) is 35.9 Å². The Morgan fingerprint density at radius 2 is 1.92 bits per heavy atom. The van der Waals surface area contributed by atoms with Crippen molar-refractivity contribution >= 4 is 29.1 Å². The van der Waals surface area contributed by atoms with Crippen molar-refractivity contribution in [3.63, 3.8) is 0 Å². The van der Waals surface area contributed by atoms with E-state index in [1.807, 2.05) is 42.5 Å². The average molecular weight is 359 g/mol. The van der Waals surface area contributed by atoms with Crippen LogP contribution in [0.2, 0.25) is 5.02 Å². The highest BCUT2D eigenvalue weighted by molar-refractivity contribution is 6.30. The molecule has 0 fully saturated rings. The molecule has 1 atom stereocenters. The maximum atomic E-state index is 12.4. The molecule has 0 saturated carbocycles. The first-order valence-corrected chi connectivity index (χ1v) is 8.47. The van der Waals surface area contributed by atoms with E-state index in [0.717, 1.165) is 5.56 Å². The van der Waals surface area contributed by atoms with E-state index >= 15 is 0 Å². The topological polar surface area (TPSA) is 58.6 Å². The lowest BCUT2D eigenvalue weighted by Gasteiger charge is -2.31. The predicted molar refractivity (Wildman–Crippen MR) is 97.1 cm³/mol. The number of likely N-dealkylation sites (N-methyl/N-ethyl adjacent to an activating group) is 1. The van der Waals surface area contributed by atoms with Gasteiger partial charge in [-0.15, -0.1) is 0 Å². The van der Waals surface area contributed by atoms with Gasteiger partial charge in [0.2, 0.25) is 5.91 Å². The molecule has 2 amide bonds. The number of benzene rings is 2. The molecular weight excluding hydrogens is 340 g/mol. The zero-order chi connectivity index (χ0) is 17.8. The molecule has 5 nitrogen and oxygen atoms in total. The second kappa shape index (κ2) is 7.57. The molecule has 1 aliphatic heterocycles. The van der Waals surface area contributed by atoms with Gasteiger partial charge in [-0.25, -0.2) is 0 Å². The first kappa shape index (κ1) is 17.3. The Hall–Kier alpha value is -2.53. The van der Waals surface area contributed by atoms with Gasteiger partial charge in [-0.2, -0.15) is 0 Å². The summed E-state index contributed by atoms with van der Waals surface area (Å²) in [6.07, 6.45) is -0.0982. The molecule has 2 aromatic carbocycles. The second-order valence-electron chi connectivity index (χ2n) is 5.90. The van der Waals surface area contributed by atoms with Crippen molar-refractivity contribution in [1.29, 1.82) is 0 Å². The highest BCUT2D eigenvalue weighted by atomic mass is 35.5. The smallest absolute Gasteiger partial charge is 0.268 e. The number of anilines is 1. The number of amides is 2. The molecule has 0 spiro atoms. The molecule has 0 saturated heterocycles. The van der Waals surface area contributed by atoms with Crippen molar-refractivity contribution in [1.82, 2.24) is 5.32 Å². The maximum Gasteiger partial charge on any atom is 0.268 e. The summed E-state index contributed by atoms with van der Waals surface area (Å²) in [5, 5.41) is 3.52. The number of carbonyl (C=O) groups excluding carboxylic acids is 2. The number of hydrogen-bond acceptors (Lipinski definition) is 3. The predicted octanol–water partition coefficient (Wildman–Crippen LogP) is 2.81. The van der Waals surface area contributed by atoms with E-state index in [2.05, 4.69) is 5.32 Å². The van der Waals surface area contributed by atoms with Crippen LogP contribution in [-0.4, -0.2) is 31.5 Å². The van der Waals surface area contributed by atoms with Crippen LogP contribution in [0, 0.1) is 0 Å². The second-order valence-corrected chi connectivity index (χ2v) is 6.34. The number of ether oxygens (including phenoxy) is 1. The fourth-order valence-electron chi connectivity index (χ4n) is 2.74. The highest BCUT2D eigenvalue weighted by Gasteiger charge is 2.33. The third-order valence-corrected chi connectivity index (χ3v) is 4.37. The normalized spacial score (nSPS) is 16.2. The van der Waals surface area contributed by atoms with Gasteiger partial charge in [-0.05, 0) is 36.2 Å². The van der Waals surface area contributed by atoms with E-state index in [9.17, 15) is 9.59 Å². The quantitative estimate of drug-likeness (QED) is 0.894. The number of carbonyl (C=O) groups is 2. The van der Waals surface area contributed by atoms with Crippen molar-refractivity contribution in [2.75, 3.05) is 18.5 Å². The van der Waals surface area contributed by atoms with E-state index in [-0.39, 0.29) is 18.2 Å². The fraction of sp³-hybridized carbons (Fsp3) is 0.263. The standard InChI is InChI=1S/C19H19ClN2O3/c1-22-15-4-2-3-5-16(15)25-17(19(22)24)12-18(23)21-11-10-13-6-8-14(20)9-7-13/h2-9,17H,10-12H2,1H3,(H,21,23). The number of nitrogens with one attached hydrogen (secondary N) is 1. The van der Waals surface area contributed by atoms with E-state index in [4.69, 9.17) is 16.3 Å².